The number of benzene rings is 12. The molecule has 76 heavy (non-hydrogen) atoms. The van der Waals surface area contributed by atoms with Gasteiger partial charge in [-0.05, 0) is 126 Å². The lowest BCUT2D eigenvalue weighted by molar-refractivity contribution is 0.748. The Morgan fingerprint density at radius 3 is 1.49 bits per heavy atom. The van der Waals surface area contributed by atoms with E-state index in [1.807, 2.05) is 0 Å². The van der Waals surface area contributed by atoms with E-state index in [2.05, 4.69) is 301 Å². The highest BCUT2D eigenvalue weighted by Gasteiger charge is 2.51. The summed E-state index contributed by atoms with van der Waals surface area (Å²) in [6.45, 7) is 0. The summed E-state index contributed by atoms with van der Waals surface area (Å²) in [5.74, 6) is 0. The number of hydrogen-bond acceptors (Lipinski definition) is 1. The number of aromatic nitrogens is 1. The van der Waals surface area contributed by atoms with Crippen molar-refractivity contribution in [3.05, 3.63) is 336 Å². The lowest BCUT2D eigenvalue weighted by atomic mass is 9.65. The van der Waals surface area contributed by atoms with Crippen LogP contribution in [0.5, 0.6) is 0 Å². The Kier molecular flexibility index (Phi) is 9.20. The molecule has 0 radical (unpaired) electrons. The molecule has 0 N–H and O–H groups in total. The van der Waals surface area contributed by atoms with Crippen LogP contribution in [0.15, 0.2) is 291 Å². The first-order chi connectivity index (χ1) is 37.7. The Balaban J connectivity index is 0.942. The Bertz CT molecular complexity index is 4400. The van der Waals surface area contributed by atoms with Crippen LogP contribution in [0.3, 0.4) is 0 Å². The first kappa shape index (κ1) is 42.7. The number of para-hydroxylation sites is 3. The molecule has 2 heteroatoms. The van der Waals surface area contributed by atoms with Gasteiger partial charge in [0.15, 0.2) is 0 Å². The summed E-state index contributed by atoms with van der Waals surface area (Å²) in [6, 6.07) is 109. The molecule has 1 aromatic heterocycles. The maximum absolute atomic E-state index is 2.53. The molecule has 1 aliphatic heterocycles. The SMILES string of the molecule is c1ccc(-c2ccc(-c3ccc(N(c4ccc5c(c4)-c4ccccc4C54c5ccccc5-n5c6ccccc6c6cccc4c65)c4cccc5c4-c4ccccc4C5(c4ccccc4)c4ccccc4)cc3)cc2)cc1. The third kappa shape index (κ3) is 5.76. The summed E-state index contributed by atoms with van der Waals surface area (Å²) in [5, 5.41) is 2.56. The van der Waals surface area contributed by atoms with Gasteiger partial charge in [0.05, 0.1) is 33.2 Å². The molecule has 1 atom stereocenters. The smallest absolute Gasteiger partial charge is 0.0754 e. The maximum Gasteiger partial charge on any atom is 0.0754 e. The van der Waals surface area contributed by atoms with Crippen molar-refractivity contribution in [1.82, 2.24) is 4.57 Å². The van der Waals surface area contributed by atoms with Gasteiger partial charge in [-0.3, -0.25) is 0 Å². The number of anilines is 3. The highest BCUT2D eigenvalue weighted by molar-refractivity contribution is 6.13. The predicted molar refractivity (Wildman–Crippen MR) is 315 cm³/mol. The third-order valence-electron chi connectivity index (χ3n) is 17.1. The van der Waals surface area contributed by atoms with Gasteiger partial charge in [-0.25, -0.2) is 0 Å². The average Bonchev–Trinajstić information content (AvgIpc) is 4.21. The van der Waals surface area contributed by atoms with Crippen molar-refractivity contribution in [1.29, 1.82) is 0 Å². The van der Waals surface area contributed by atoms with Crippen LogP contribution in [0.1, 0.15) is 44.5 Å². The van der Waals surface area contributed by atoms with E-state index in [4.69, 9.17) is 0 Å². The Morgan fingerprint density at radius 2 is 0.776 bits per heavy atom. The third-order valence-corrected chi connectivity index (χ3v) is 17.1. The van der Waals surface area contributed by atoms with Crippen molar-refractivity contribution in [2.45, 2.75) is 10.8 Å². The maximum atomic E-state index is 2.53. The van der Waals surface area contributed by atoms with Gasteiger partial charge in [-0.2, -0.15) is 0 Å². The fourth-order valence-electron chi connectivity index (χ4n) is 14.1. The van der Waals surface area contributed by atoms with E-state index in [0.29, 0.717) is 0 Å². The lowest BCUT2D eigenvalue weighted by Crippen LogP contribution is -2.33. The highest BCUT2D eigenvalue weighted by atomic mass is 15.1. The molecule has 13 aromatic rings. The molecular weight excluding hydrogens is 917 g/mol. The van der Waals surface area contributed by atoms with Crippen LogP contribution in [0.4, 0.5) is 17.1 Å². The first-order valence-electron chi connectivity index (χ1n) is 26.5. The van der Waals surface area contributed by atoms with Gasteiger partial charge in [-0.1, -0.05) is 249 Å². The quantitative estimate of drug-likeness (QED) is 0.155. The van der Waals surface area contributed by atoms with Crippen molar-refractivity contribution in [3.63, 3.8) is 0 Å². The van der Waals surface area contributed by atoms with E-state index in [0.717, 1.165) is 17.1 Å². The molecule has 0 saturated carbocycles. The van der Waals surface area contributed by atoms with Crippen molar-refractivity contribution >= 4 is 38.9 Å². The first-order valence-corrected chi connectivity index (χ1v) is 26.5. The van der Waals surface area contributed by atoms with E-state index < -0.39 is 10.8 Å². The zero-order valence-electron chi connectivity index (χ0n) is 41.6. The summed E-state index contributed by atoms with van der Waals surface area (Å²) in [5.41, 5.74) is 26.1. The van der Waals surface area contributed by atoms with Gasteiger partial charge in [0.1, 0.15) is 0 Å². The fourth-order valence-corrected chi connectivity index (χ4v) is 14.1. The minimum Gasteiger partial charge on any atom is -0.310 e. The molecule has 0 amide bonds. The molecule has 0 fully saturated rings. The van der Waals surface area contributed by atoms with E-state index in [9.17, 15) is 0 Å². The van der Waals surface area contributed by atoms with Crippen LogP contribution in [0.25, 0.3) is 72.0 Å². The largest absolute Gasteiger partial charge is 0.310 e. The number of fused-ring (bicyclic) bond motifs is 15. The standard InChI is InChI=1S/C74H48N2/c1-4-20-49(21-5-1)50-38-40-51(41-39-50)52-42-44-55(45-43-52)75(70-37-19-33-66-71(70)60-28-11-14-31-63(60)73(66,53-22-6-2-7-23-53)54-24-8-3-9-25-54)56-46-47-64-61(48-56)57-26-10-13-30-62(57)74(64)65-32-15-17-36-69(65)76-68-35-16-12-27-58(68)59-29-18-34-67(74)72(59)76/h1-48H. The molecule has 354 valence electrons. The Morgan fingerprint density at radius 1 is 0.289 bits per heavy atom. The zero-order valence-corrected chi connectivity index (χ0v) is 41.6. The predicted octanol–water partition coefficient (Wildman–Crippen LogP) is 18.6. The molecule has 16 rings (SSSR count). The molecule has 1 spiro atoms. The van der Waals surface area contributed by atoms with E-state index in [-0.39, 0.29) is 0 Å². The molecule has 0 bridgehead atoms. The lowest BCUT2D eigenvalue weighted by Gasteiger charge is -2.39. The summed E-state index contributed by atoms with van der Waals surface area (Å²) in [4.78, 5) is 2.53. The van der Waals surface area contributed by atoms with Crippen molar-refractivity contribution < 1.29 is 0 Å². The second-order valence-corrected chi connectivity index (χ2v) is 20.6. The van der Waals surface area contributed by atoms with Crippen LogP contribution in [-0.4, -0.2) is 4.57 Å². The topological polar surface area (TPSA) is 8.17 Å². The van der Waals surface area contributed by atoms with Crippen molar-refractivity contribution in [2.75, 3.05) is 4.90 Å². The molecular formula is C74H48N2. The van der Waals surface area contributed by atoms with Crippen LogP contribution in [0.2, 0.25) is 0 Å². The molecule has 1 unspecified atom stereocenters. The van der Waals surface area contributed by atoms with Gasteiger partial charge in [0, 0.05) is 27.7 Å². The molecule has 2 heterocycles. The average molecular weight is 965 g/mol. The molecule has 3 aliphatic rings. The Labute approximate surface area is 442 Å². The molecule has 0 saturated heterocycles. The van der Waals surface area contributed by atoms with Crippen LogP contribution in [-0.2, 0) is 10.8 Å². The summed E-state index contributed by atoms with van der Waals surface area (Å²) in [7, 11) is 0. The second-order valence-electron chi connectivity index (χ2n) is 20.6. The molecule has 2 aliphatic carbocycles. The second kappa shape index (κ2) is 16.4. The van der Waals surface area contributed by atoms with Gasteiger partial charge < -0.3 is 9.47 Å². The number of rotatable bonds is 7. The van der Waals surface area contributed by atoms with E-state index in [1.165, 1.54) is 117 Å². The van der Waals surface area contributed by atoms with E-state index >= 15 is 0 Å². The van der Waals surface area contributed by atoms with Crippen molar-refractivity contribution in [3.8, 4) is 50.2 Å². The minimum absolute atomic E-state index is 0.549. The molecule has 12 aromatic carbocycles. The fraction of sp³-hybridized carbons (Fsp3) is 0.0270. The number of hydrogen-bond donors (Lipinski definition) is 0. The zero-order chi connectivity index (χ0) is 50.0. The van der Waals surface area contributed by atoms with Crippen LogP contribution < -0.4 is 4.90 Å². The summed E-state index contributed by atoms with van der Waals surface area (Å²) < 4.78 is 2.53. The summed E-state index contributed by atoms with van der Waals surface area (Å²) in [6.07, 6.45) is 0. The van der Waals surface area contributed by atoms with Gasteiger partial charge >= 0.3 is 0 Å². The Hall–Kier alpha value is -9.76. The van der Waals surface area contributed by atoms with Gasteiger partial charge in [-0.15, -0.1) is 0 Å². The molecule has 2 nitrogen and oxygen atoms in total. The monoisotopic (exact) mass is 964 g/mol. The van der Waals surface area contributed by atoms with Crippen LogP contribution in [0, 0.1) is 0 Å². The highest BCUT2D eigenvalue weighted by Crippen LogP contribution is 2.63. The van der Waals surface area contributed by atoms with Gasteiger partial charge in [0.2, 0.25) is 0 Å². The minimum atomic E-state index is -0.550. The van der Waals surface area contributed by atoms with E-state index in [1.54, 1.807) is 0 Å². The van der Waals surface area contributed by atoms with Crippen molar-refractivity contribution in [2.24, 2.45) is 0 Å². The van der Waals surface area contributed by atoms with Gasteiger partial charge in [0.25, 0.3) is 0 Å². The van der Waals surface area contributed by atoms with Crippen LogP contribution >= 0.6 is 0 Å². The number of nitrogens with zero attached hydrogens (tertiary/aromatic N) is 2. The normalized spacial score (nSPS) is 15.0. The summed E-state index contributed by atoms with van der Waals surface area (Å²) >= 11 is 0.